The van der Waals surface area contributed by atoms with E-state index < -0.39 is 12.0 Å². The van der Waals surface area contributed by atoms with Gasteiger partial charge in [-0.05, 0) is 36.1 Å². The average Bonchev–Trinajstić information content (AvgIpc) is 2.63. The van der Waals surface area contributed by atoms with Gasteiger partial charge in [-0.25, -0.2) is 4.79 Å². The summed E-state index contributed by atoms with van der Waals surface area (Å²) in [4.78, 5) is 24.9. The normalized spacial score (nSPS) is 19.4. The molecule has 1 aliphatic heterocycles. The predicted molar refractivity (Wildman–Crippen MR) is 107 cm³/mol. The minimum Gasteiger partial charge on any atom is -0.330 e. The van der Waals surface area contributed by atoms with Crippen molar-refractivity contribution < 1.29 is 9.59 Å². The lowest BCUT2D eigenvalue weighted by molar-refractivity contribution is -0.119. The Morgan fingerprint density at radius 3 is 2.30 bits per heavy atom. The summed E-state index contributed by atoms with van der Waals surface area (Å²) in [5.41, 5.74) is 4.30. The smallest absolute Gasteiger partial charge is 0.319 e. The zero-order valence-corrected chi connectivity index (χ0v) is 15.9. The largest absolute Gasteiger partial charge is 0.330 e. The summed E-state index contributed by atoms with van der Waals surface area (Å²) in [5.74, 6) is -0.416. The van der Waals surface area contributed by atoms with Crippen LogP contribution in [0.3, 0.4) is 0 Å². The van der Waals surface area contributed by atoms with E-state index in [0.717, 1.165) is 11.1 Å². The third-order valence-electron chi connectivity index (χ3n) is 4.83. The molecule has 0 aromatic heterocycles. The molecule has 2 aromatic carbocycles. The summed E-state index contributed by atoms with van der Waals surface area (Å²) >= 11 is 0. The van der Waals surface area contributed by atoms with Gasteiger partial charge in [0.25, 0.3) is 0 Å². The van der Waals surface area contributed by atoms with Crippen LogP contribution in [0.2, 0.25) is 0 Å². The molecule has 27 heavy (non-hydrogen) atoms. The zero-order valence-electron chi connectivity index (χ0n) is 15.9. The number of aryl methyl sites for hydroxylation is 1. The van der Waals surface area contributed by atoms with Crippen LogP contribution in [0, 0.1) is 12.8 Å². The summed E-state index contributed by atoms with van der Waals surface area (Å²) in [5, 5.41) is 8.42. The molecular weight excluding hydrogens is 338 g/mol. The maximum absolute atomic E-state index is 13.0. The number of carbonyl (C=O) groups is 2. The Labute approximate surface area is 159 Å². The molecule has 1 saturated heterocycles. The molecule has 1 fully saturated rings. The van der Waals surface area contributed by atoms with Gasteiger partial charge in [0.15, 0.2) is 0 Å². The summed E-state index contributed by atoms with van der Waals surface area (Å²) in [7, 11) is 0. The van der Waals surface area contributed by atoms with Crippen LogP contribution in [-0.4, -0.2) is 11.9 Å². The Kier molecular flexibility index (Phi) is 5.31. The standard InChI is InChI=1S/C22H25N3O2/c1-13(2)16-7-9-17(10-8-16)20-19(15(4)23-22(27)25-20)21(26)24-18-11-5-14(3)6-12-18/h5-13,19-20H,4H2,1-3H3,(H,24,26)(H2,23,25,27)/t19-,20+/m1/s1. The third kappa shape index (κ3) is 4.19. The van der Waals surface area contributed by atoms with Gasteiger partial charge in [-0.2, -0.15) is 0 Å². The molecule has 0 unspecified atom stereocenters. The summed E-state index contributed by atoms with van der Waals surface area (Å²) in [6, 6.07) is 14.8. The van der Waals surface area contributed by atoms with Crippen molar-refractivity contribution in [2.75, 3.05) is 5.32 Å². The van der Waals surface area contributed by atoms with Crippen molar-refractivity contribution in [3.8, 4) is 0 Å². The number of hydrogen-bond acceptors (Lipinski definition) is 2. The van der Waals surface area contributed by atoms with Crippen LogP contribution in [-0.2, 0) is 4.79 Å². The molecule has 2 atom stereocenters. The minimum atomic E-state index is -0.617. The van der Waals surface area contributed by atoms with E-state index in [-0.39, 0.29) is 11.9 Å². The van der Waals surface area contributed by atoms with Gasteiger partial charge in [0, 0.05) is 11.4 Å². The van der Waals surface area contributed by atoms with Crippen LogP contribution in [0.5, 0.6) is 0 Å². The maximum Gasteiger partial charge on any atom is 0.319 e. The van der Waals surface area contributed by atoms with Crippen LogP contribution < -0.4 is 16.0 Å². The number of carbonyl (C=O) groups excluding carboxylic acids is 2. The molecule has 0 radical (unpaired) electrons. The molecule has 140 valence electrons. The Balaban J connectivity index is 1.87. The Bertz CT molecular complexity index is 854. The molecule has 5 heteroatoms. The highest BCUT2D eigenvalue weighted by Crippen LogP contribution is 2.31. The second-order valence-electron chi connectivity index (χ2n) is 7.26. The second-order valence-corrected chi connectivity index (χ2v) is 7.26. The van der Waals surface area contributed by atoms with Gasteiger partial charge in [-0.15, -0.1) is 0 Å². The zero-order chi connectivity index (χ0) is 19.6. The van der Waals surface area contributed by atoms with Crippen LogP contribution >= 0.6 is 0 Å². The topological polar surface area (TPSA) is 70.2 Å². The highest BCUT2D eigenvalue weighted by molar-refractivity contribution is 5.97. The maximum atomic E-state index is 13.0. The number of rotatable bonds is 4. The fraction of sp³-hybridized carbons (Fsp3) is 0.273. The molecule has 5 nitrogen and oxygen atoms in total. The van der Waals surface area contributed by atoms with E-state index in [0.29, 0.717) is 17.3 Å². The Morgan fingerprint density at radius 1 is 1.07 bits per heavy atom. The quantitative estimate of drug-likeness (QED) is 0.760. The van der Waals surface area contributed by atoms with Gasteiger partial charge >= 0.3 is 6.03 Å². The number of benzene rings is 2. The van der Waals surface area contributed by atoms with E-state index in [1.807, 2.05) is 55.5 Å². The fourth-order valence-electron chi connectivity index (χ4n) is 3.22. The van der Waals surface area contributed by atoms with Crippen molar-refractivity contribution in [2.24, 2.45) is 5.92 Å². The summed E-state index contributed by atoms with van der Waals surface area (Å²) in [6.45, 7) is 10.2. The van der Waals surface area contributed by atoms with Gasteiger partial charge in [-0.1, -0.05) is 62.4 Å². The van der Waals surface area contributed by atoms with Crippen molar-refractivity contribution in [1.29, 1.82) is 0 Å². The molecule has 3 amide bonds. The minimum absolute atomic E-state index is 0.214. The first kappa shape index (κ1) is 18.7. The number of hydrogen-bond donors (Lipinski definition) is 3. The first-order valence-electron chi connectivity index (χ1n) is 9.09. The van der Waals surface area contributed by atoms with E-state index in [1.54, 1.807) is 0 Å². The highest BCUT2D eigenvalue weighted by Gasteiger charge is 2.37. The van der Waals surface area contributed by atoms with Gasteiger partial charge < -0.3 is 16.0 Å². The molecule has 0 spiro atoms. The molecule has 1 heterocycles. The van der Waals surface area contributed by atoms with Gasteiger partial charge in [0.05, 0.1) is 6.04 Å². The number of nitrogens with one attached hydrogen (secondary N) is 3. The van der Waals surface area contributed by atoms with E-state index >= 15 is 0 Å². The fourth-order valence-corrected chi connectivity index (χ4v) is 3.22. The SMILES string of the molecule is C=C1NC(=O)N[C@@H](c2ccc(C(C)C)cc2)[C@@H]1C(=O)Nc1ccc(C)cc1. The lowest BCUT2D eigenvalue weighted by Gasteiger charge is -2.34. The van der Waals surface area contributed by atoms with Crippen LogP contribution in [0.1, 0.15) is 42.5 Å². The Morgan fingerprint density at radius 2 is 1.70 bits per heavy atom. The monoisotopic (exact) mass is 363 g/mol. The molecule has 2 aromatic rings. The second kappa shape index (κ2) is 7.66. The van der Waals surface area contributed by atoms with Crippen molar-refractivity contribution >= 4 is 17.6 Å². The van der Waals surface area contributed by atoms with E-state index in [1.165, 1.54) is 5.56 Å². The number of anilines is 1. The van der Waals surface area contributed by atoms with Gasteiger partial charge in [-0.3, -0.25) is 4.79 Å². The summed E-state index contributed by atoms with van der Waals surface area (Å²) in [6.07, 6.45) is 0. The molecule has 3 rings (SSSR count). The Hall–Kier alpha value is -3.08. The van der Waals surface area contributed by atoms with Crippen LogP contribution in [0.4, 0.5) is 10.5 Å². The van der Waals surface area contributed by atoms with E-state index in [9.17, 15) is 9.59 Å². The summed E-state index contributed by atoms with van der Waals surface area (Å²) < 4.78 is 0. The van der Waals surface area contributed by atoms with E-state index in [4.69, 9.17) is 0 Å². The lowest BCUT2D eigenvalue weighted by Crippen LogP contribution is -2.51. The number of urea groups is 1. The highest BCUT2D eigenvalue weighted by atomic mass is 16.2. The molecule has 0 saturated carbocycles. The van der Waals surface area contributed by atoms with Crippen molar-refractivity contribution in [1.82, 2.24) is 10.6 Å². The first-order chi connectivity index (χ1) is 12.8. The molecule has 0 aliphatic carbocycles. The molecular formula is C22H25N3O2. The van der Waals surface area contributed by atoms with Crippen molar-refractivity contribution in [2.45, 2.75) is 32.7 Å². The average molecular weight is 363 g/mol. The molecule has 3 N–H and O–H groups in total. The lowest BCUT2D eigenvalue weighted by atomic mass is 9.87. The first-order valence-corrected chi connectivity index (χ1v) is 9.09. The predicted octanol–water partition coefficient (Wildman–Crippen LogP) is 4.24. The van der Waals surface area contributed by atoms with Crippen LogP contribution in [0.15, 0.2) is 60.8 Å². The van der Waals surface area contributed by atoms with Gasteiger partial charge in [0.1, 0.15) is 5.92 Å². The van der Waals surface area contributed by atoms with Crippen LogP contribution in [0.25, 0.3) is 0 Å². The third-order valence-corrected chi connectivity index (χ3v) is 4.83. The molecule has 1 aliphatic rings. The van der Waals surface area contributed by atoms with E-state index in [2.05, 4.69) is 36.4 Å². The van der Waals surface area contributed by atoms with Gasteiger partial charge in [0.2, 0.25) is 5.91 Å². The number of amides is 3. The van der Waals surface area contributed by atoms with Crippen molar-refractivity contribution in [3.63, 3.8) is 0 Å². The molecule has 0 bridgehead atoms. The van der Waals surface area contributed by atoms with Crippen molar-refractivity contribution in [3.05, 3.63) is 77.5 Å².